The molecule has 0 aliphatic carbocycles. The fourth-order valence-electron chi connectivity index (χ4n) is 6.27. The van der Waals surface area contributed by atoms with E-state index in [0.717, 1.165) is 41.6 Å². The zero-order valence-electron chi connectivity index (χ0n) is 28.9. The molecule has 0 radical (unpaired) electrons. The predicted molar refractivity (Wildman–Crippen MR) is 194 cm³/mol. The van der Waals surface area contributed by atoms with E-state index in [1.165, 1.54) is 21.9 Å². The molecule has 8 nitrogen and oxygen atoms in total. The molecule has 0 saturated carbocycles. The van der Waals surface area contributed by atoms with Crippen molar-refractivity contribution in [2.75, 3.05) is 40.4 Å². The average molecular weight is 679 g/mol. The highest BCUT2D eigenvalue weighted by molar-refractivity contribution is 5.92. The molecule has 0 bridgehead atoms. The van der Waals surface area contributed by atoms with E-state index in [0.29, 0.717) is 25.1 Å². The fraction of sp³-hybridized carbons (Fsp3) is 0.341. The molecule has 1 fully saturated rings. The molecule has 1 saturated heterocycles. The quantitative estimate of drug-likeness (QED) is 0.173. The van der Waals surface area contributed by atoms with Crippen molar-refractivity contribution in [2.45, 2.75) is 50.2 Å². The molecule has 0 aromatic heterocycles. The lowest BCUT2D eigenvalue weighted by molar-refractivity contribution is -0.149. The van der Waals surface area contributed by atoms with E-state index in [4.69, 9.17) is 4.74 Å². The highest BCUT2D eigenvalue weighted by Crippen LogP contribution is 2.22. The molecule has 4 aromatic carbocycles. The van der Waals surface area contributed by atoms with Gasteiger partial charge in [0.05, 0.1) is 6.61 Å². The van der Waals surface area contributed by atoms with Crippen molar-refractivity contribution < 1.29 is 23.5 Å². The maximum Gasteiger partial charge on any atom is 0.249 e. The van der Waals surface area contributed by atoms with Gasteiger partial charge >= 0.3 is 0 Å². The predicted octanol–water partition coefficient (Wildman–Crippen LogP) is 5.06. The molecule has 5 rings (SSSR count). The number of carbonyl (C=O) groups excluding carboxylic acids is 3. The molecule has 3 amide bonds. The number of benzene rings is 4. The van der Waals surface area contributed by atoms with Crippen molar-refractivity contribution in [3.63, 3.8) is 0 Å². The van der Waals surface area contributed by atoms with Gasteiger partial charge in [0.15, 0.2) is 0 Å². The number of halogens is 1. The first kappa shape index (κ1) is 36.4. The summed E-state index contributed by atoms with van der Waals surface area (Å²) in [6, 6.07) is 32.1. The van der Waals surface area contributed by atoms with Crippen molar-refractivity contribution in [2.24, 2.45) is 0 Å². The summed E-state index contributed by atoms with van der Waals surface area (Å²) in [5.74, 6) is -1.41. The van der Waals surface area contributed by atoms with Crippen LogP contribution in [0.3, 0.4) is 0 Å². The van der Waals surface area contributed by atoms with Gasteiger partial charge in [0.2, 0.25) is 17.7 Å². The van der Waals surface area contributed by atoms with Crippen LogP contribution in [0.4, 0.5) is 4.39 Å². The van der Waals surface area contributed by atoms with Crippen molar-refractivity contribution in [1.29, 1.82) is 0 Å². The van der Waals surface area contributed by atoms with Crippen molar-refractivity contribution in [3.8, 4) is 11.1 Å². The molecule has 262 valence electrons. The number of carbonyl (C=O) groups is 3. The molecular weight excluding hydrogens is 631 g/mol. The van der Waals surface area contributed by atoms with Gasteiger partial charge in [-0.05, 0) is 65.8 Å². The maximum atomic E-state index is 14.5. The molecule has 0 spiro atoms. The first-order valence-corrected chi connectivity index (χ1v) is 17.3. The van der Waals surface area contributed by atoms with Gasteiger partial charge < -0.3 is 25.2 Å². The molecule has 1 heterocycles. The smallest absolute Gasteiger partial charge is 0.249 e. The van der Waals surface area contributed by atoms with Gasteiger partial charge in [-0.25, -0.2) is 4.39 Å². The van der Waals surface area contributed by atoms with Crippen LogP contribution >= 0.6 is 0 Å². The third-order valence-corrected chi connectivity index (χ3v) is 9.36. The number of likely N-dealkylation sites (N-methyl/N-ethyl adjacent to an activating group) is 2. The van der Waals surface area contributed by atoms with Crippen LogP contribution in [-0.2, 0) is 38.4 Å². The van der Waals surface area contributed by atoms with Crippen LogP contribution in [0.5, 0.6) is 0 Å². The van der Waals surface area contributed by atoms with Gasteiger partial charge in [-0.15, -0.1) is 0 Å². The Labute approximate surface area is 294 Å². The molecule has 9 heteroatoms. The highest BCUT2D eigenvalue weighted by atomic mass is 19.1. The van der Waals surface area contributed by atoms with Gasteiger partial charge in [-0.1, -0.05) is 97.1 Å². The molecule has 1 aliphatic heterocycles. The largest absolute Gasteiger partial charge is 0.370 e. The zero-order valence-corrected chi connectivity index (χ0v) is 28.9. The van der Waals surface area contributed by atoms with Gasteiger partial charge in [0, 0.05) is 39.5 Å². The number of hydrogen-bond acceptors (Lipinski definition) is 5. The number of rotatable bonds is 16. The molecule has 2 N–H and O–H groups in total. The van der Waals surface area contributed by atoms with Crippen LogP contribution in [-0.4, -0.2) is 86.0 Å². The summed E-state index contributed by atoms with van der Waals surface area (Å²) in [4.78, 5) is 44.7. The summed E-state index contributed by atoms with van der Waals surface area (Å²) in [6.07, 6.45) is 3.12. The lowest BCUT2D eigenvalue weighted by Crippen LogP contribution is -2.56. The Balaban J connectivity index is 1.35. The summed E-state index contributed by atoms with van der Waals surface area (Å²) in [5, 5.41) is 6.37. The molecule has 1 aliphatic rings. The molecule has 4 aromatic rings. The first-order valence-electron chi connectivity index (χ1n) is 17.3. The van der Waals surface area contributed by atoms with Crippen molar-refractivity contribution in [3.05, 3.63) is 132 Å². The Morgan fingerprint density at radius 2 is 1.38 bits per heavy atom. The monoisotopic (exact) mass is 678 g/mol. The Morgan fingerprint density at radius 1 is 0.780 bits per heavy atom. The number of nitrogens with one attached hydrogen (secondary N) is 2. The Kier molecular flexibility index (Phi) is 13.3. The minimum atomic E-state index is -0.906. The fourth-order valence-corrected chi connectivity index (χ4v) is 6.27. The number of amides is 3. The van der Waals surface area contributed by atoms with Gasteiger partial charge in [-0.2, -0.15) is 0 Å². The Hall–Kier alpha value is -4.86. The van der Waals surface area contributed by atoms with Crippen LogP contribution in [0.25, 0.3) is 11.1 Å². The molecule has 50 heavy (non-hydrogen) atoms. The summed E-state index contributed by atoms with van der Waals surface area (Å²) < 4.78 is 19.6. The van der Waals surface area contributed by atoms with Gasteiger partial charge in [0.1, 0.15) is 24.5 Å². The van der Waals surface area contributed by atoms with Crippen LogP contribution in [0, 0.1) is 5.82 Å². The van der Waals surface area contributed by atoms with E-state index in [9.17, 15) is 18.8 Å². The molecular formula is C41H47FN4O4. The second-order valence-corrected chi connectivity index (χ2v) is 12.9. The molecule has 0 unspecified atom stereocenters. The number of nitrogens with zero attached hydrogens (tertiary/aromatic N) is 2. The van der Waals surface area contributed by atoms with E-state index in [1.807, 2.05) is 84.9 Å². The highest BCUT2D eigenvalue weighted by Gasteiger charge is 2.35. The van der Waals surface area contributed by atoms with E-state index < -0.39 is 12.1 Å². The maximum absolute atomic E-state index is 14.5. The van der Waals surface area contributed by atoms with Gasteiger partial charge in [0.25, 0.3) is 0 Å². The topological polar surface area (TPSA) is 91.0 Å². The summed E-state index contributed by atoms with van der Waals surface area (Å²) in [5.41, 5.74) is 4.78. The Morgan fingerprint density at radius 3 is 2.02 bits per heavy atom. The Bertz CT molecular complexity index is 1660. The van der Waals surface area contributed by atoms with E-state index >= 15 is 0 Å². The van der Waals surface area contributed by atoms with Crippen LogP contribution in [0.15, 0.2) is 109 Å². The van der Waals surface area contributed by atoms with Crippen LogP contribution in [0.1, 0.15) is 29.5 Å². The normalized spacial score (nSPS) is 15.2. The average Bonchev–Trinajstić information content (AvgIpc) is 3.67. The third kappa shape index (κ3) is 10.3. The van der Waals surface area contributed by atoms with Crippen molar-refractivity contribution in [1.82, 2.24) is 20.4 Å². The zero-order chi connectivity index (χ0) is 35.3. The minimum absolute atomic E-state index is 0.159. The first-order chi connectivity index (χ1) is 24.3. The SMILES string of the molecule is CN(C(=O)COC[C@@H]1CCCN1)[C@H](Cc1ccc(-c2ccccc2)cc1)C(=O)N(C)[C@H](Cc1ccc(F)cc1)C(=O)NCCc1ccccc1. The third-order valence-electron chi connectivity index (χ3n) is 9.36. The second kappa shape index (κ2) is 18.2. The summed E-state index contributed by atoms with van der Waals surface area (Å²) in [7, 11) is 3.21. The molecule has 3 atom stereocenters. The van der Waals surface area contributed by atoms with E-state index in [2.05, 4.69) is 10.6 Å². The van der Waals surface area contributed by atoms with Gasteiger partial charge in [-0.3, -0.25) is 14.4 Å². The standard InChI is InChI=1S/C41H47FN4O4/c1-45(39(47)29-50-28-36-14-9-24-43-36)38(27-31-15-19-34(20-16-31)33-12-7-4-8-13-33)41(49)46(2)37(26-32-17-21-35(42)22-18-32)40(48)44-25-23-30-10-5-3-6-11-30/h3-8,10-13,15-22,36-38,43H,9,14,23-29H2,1-2H3,(H,44,48)/t36-,37+,38+/m0/s1. The number of ether oxygens (including phenoxy) is 1. The lowest BCUT2D eigenvalue weighted by atomic mass is 9.98. The van der Waals surface area contributed by atoms with Crippen LogP contribution < -0.4 is 10.6 Å². The van der Waals surface area contributed by atoms with Crippen molar-refractivity contribution >= 4 is 17.7 Å². The van der Waals surface area contributed by atoms with E-state index in [1.54, 1.807) is 26.2 Å². The van der Waals surface area contributed by atoms with E-state index in [-0.39, 0.29) is 49.0 Å². The lowest BCUT2D eigenvalue weighted by Gasteiger charge is -2.34. The minimum Gasteiger partial charge on any atom is -0.370 e. The second-order valence-electron chi connectivity index (χ2n) is 12.9. The number of hydrogen-bond donors (Lipinski definition) is 2. The summed E-state index contributed by atoms with van der Waals surface area (Å²) in [6.45, 7) is 1.58. The van der Waals surface area contributed by atoms with Crippen LogP contribution in [0.2, 0.25) is 0 Å². The summed E-state index contributed by atoms with van der Waals surface area (Å²) >= 11 is 0.